The average molecular weight is 205 g/mol. The van der Waals surface area contributed by atoms with Crippen molar-refractivity contribution in [3.63, 3.8) is 0 Å². The van der Waals surface area contributed by atoms with Gasteiger partial charge < -0.3 is 5.11 Å². The molecule has 0 aliphatic heterocycles. The first-order chi connectivity index (χ1) is 5.47. The van der Waals surface area contributed by atoms with Gasteiger partial charge >= 0.3 is 5.97 Å². The van der Waals surface area contributed by atoms with Crippen LogP contribution < -0.4 is 0 Å². The smallest absolute Gasteiger partial charge is 0.309 e. The Hall–Kier alpha value is -0.500. The van der Waals surface area contributed by atoms with Crippen LogP contribution in [0.15, 0.2) is 11.6 Å². The van der Waals surface area contributed by atoms with Gasteiger partial charge in [0, 0.05) is 0 Å². The summed E-state index contributed by atoms with van der Waals surface area (Å²) in [6, 6.07) is 0. The van der Waals surface area contributed by atoms with E-state index in [0.29, 0.717) is 6.42 Å². The van der Waals surface area contributed by atoms with Crippen LogP contribution in [0.4, 0.5) is 0 Å². The Morgan fingerprint density at radius 1 is 1.69 bits per heavy atom. The van der Waals surface area contributed by atoms with Crippen molar-refractivity contribution < 1.29 is 9.90 Å². The van der Waals surface area contributed by atoms with Gasteiger partial charge in [-0.1, -0.05) is 18.6 Å². The topological polar surface area (TPSA) is 37.3 Å². The van der Waals surface area contributed by atoms with Gasteiger partial charge in [-0.2, -0.15) is 0 Å². The predicted molar refractivity (Wildman–Crippen MR) is 55.1 cm³/mol. The van der Waals surface area contributed by atoms with Gasteiger partial charge in [0.2, 0.25) is 0 Å². The Morgan fingerprint density at radius 2 is 2.23 bits per heavy atom. The minimum Gasteiger partial charge on any atom is -0.481 e. The second-order valence-corrected chi connectivity index (χ2v) is 4.08. The summed E-state index contributed by atoms with van der Waals surface area (Å²) < 4.78 is 0. The third kappa shape index (κ3) is 2.25. The van der Waals surface area contributed by atoms with Crippen molar-refractivity contribution in [1.82, 2.24) is 0 Å². The average Bonchev–Trinajstić information content (AvgIpc) is 1.97. The van der Waals surface area contributed by atoms with Gasteiger partial charge in [0.25, 0.3) is 0 Å². The largest absolute Gasteiger partial charge is 0.481 e. The fraction of sp³-hybridized carbons (Fsp3) is 0.700. The number of hydrogen-bond donors (Lipinski definition) is 1. The van der Waals surface area contributed by atoms with E-state index in [1.165, 1.54) is 5.57 Å². The van der Waals surface area contributed by atoms with Crippen LogP contribution in [0.1, 0.15) is 33.6 Å². The van der Waals surface area contributed by atoms with Crippen LogP contribution >= 0.6 is 12.4 Å². The van der Waals surface area contributed by atoms with E-state index >= 15 is 0 Å². The molecule has 2 nitrogen and oxygen atoms in total. The van der Waals surface area contributed by atoms with Crippen molar-refractivity contribution in [3.8, 4) is 0 Å². The molecule has 0 saturated carbocycles. The molecule has 0 saturated heterocycles. The second-order valence-electron chi connectivity index (χ2n) is 4.08. The Kier molecular flexibility index (Phi) is 3.98. The van der Waals surface area contributed by atoms with E-state index < -0.39 is 11.4 Å². The minimum atomic E-state index is -0.668. The van der Waals surface area contributed by atoms with Crippen LogP contribution in [-0.4, -0.2) is 11.1 Å². The molecule has 2 atom stereocenters. The van der Waals surface area contributed by atoms with Gasteiger partial charge in [0.05, 0.1) is 5.41 Å². The van der Waals surface area contributed by atoms with Crippen molar-refractivity contribution in [2.24, 2.45) is 11.3 Å². The van der Waals surface area contributed by atoms with E-state index in [9.17, 15) is 4.79 Å². The Morgan fingerprint density at radius 3 is 2.62 bits per heavy atom. The quantitative estimate of drug-likeness (QED) is 0.667. The summed E-state index contributed by atoms with van der Waals surface area (Å²) in [5.41, 5.74) is 0.778. The zero-order valence-electron chi connectivity index (χ0n) is 8.33. The third-order valence-corrected chi connectivity index (χ3v) is 3.08. The van der Waals surface area contributed by atoms with Gasteiger partial charge in [-0.3, -0.25) is 4.79 Å². The zero-order valence-corrected chi connectivity index (χ0v) is 9.15. The van der Waals surface area contributed by atoms with Gasteiger partial charge in [-0.15, -0.1) is 12.4 Å². The summed E-state index contributed by atoms with van der Waals surface area (Å²) in [4.78, 5) is 11.0. The SMILES string of the molecule is CC1=CCC(C)(C(=O)O)C(C)C1.Cl. The standard InChI is InChI=1S/C10H16O2.ClH/c1-7-4-5-10(3,9(11)12)8(2)6-7;/h4,8H,5-6H2,1-3H3,(H,11,12);1H. The van der Waals surface area contributed by atoms with Crippen molar-refractivity contribution in [3.05, 3.63) is 11.6 Å². The Balaban J connectivity index is 0.00000144. The summed E-state index contributed by atoms with van der Waals surface area (Å²) in [5.74, 6) is -0.418. The molecule has 76 valence electrons. The molecule has 0 aromatic carbocycles. The zero-order chi connectivity index (χ0) is 9.35. The molecule has 13 heavy (non-hydrogen) atoms. The van der Waals surface area contributed by atoms with E-state index in [0.717, 1.165) is 6.42 Å². The van der Waals surface area contributed by atoms with Crippen molar-refractivity contribution >= 4 is 18.4 Å². The van der Waals surface area contributed by atoms with Crippen molar-refractivity contribution in [2.45, 2.75) is 33.6 Å². The maximum atomic E-state index is 11.0. The predicted octanol–water partition coefficient (Wildman–Crippen LogP) is 2.88. The molecule has 0 aromatic heterocycles. The van der Waals surface area contributed by atoms with Crippen LogP contribution in [0.5, 0.6) is 0 Å². The van der Waals surface area contributed by atoms with Crippen molar-refractivity contribution in [1.29, 1.82) is 0 Å². The van der Waals surface area contributed by atoms with Crippen LogP contribution in [0.3, 0.4) is 0 Å². The molecular weight excluding hydrogens is 188 g/mol. The number of allylic oxidation sites excluding steroid dienone is 2. The molecule has 0 radical (unpaired) electrons. The maximum Gasteiger partial charge on any atom is 0.309 e. The summed E-state index contributed by atoms with van der Waals surface area (Å²) in [6.45, 7) is 5.92. The lowest BCUT2D eigenvalue weighted by Crippen LogP contribution is -2.36. The third-order valence-electron chi connectivity index (χ3n) is 3.08. The fourth-order valence-electron chi connectivity index (χ4n) is 1.68. The molecule has 0 spiro atoms. The van der Waals surface area contributed by atoms with Gasteiger partial charge in [-0.25, -0.2) is 0 Å². The van der Waals surface area contributed by atoms with E-state index in [-0.39, 0.29) is 18.3 Å². The monoisotopic (exact) mass is 204 g/mol. The summed E-state index contributed by atoms with van der Waals surface area (Å²) >= 11 is 0. The highest BCUT2D eigenvalue weighted by atomic mass is 35.5. The van der Waals surface area contributed by atoms with Crippen LogP contribution in [0.2, 0.25) is 0 Å². The molecular formula is C10H17ClO2. The van der Waals surface area contributed by atoms with Gasteiger partial charge in [-0.05, 0) is 32.6 Å². The molecule has 2 unspecified atom stereocenters. The lowest BCUT2D eigenvalue weighted by molar-refractivity contribution is -0.151. The van der Waals surface area contributed by atoms with E-state index in [1.807, 2.05) is 19.9 Å². The Bertz CT molecular complexity index is 235. The lowest BCUT2D eigenvalue weighted by atomic mass is 9.69. The highest BCUT2D eigenvalue weighted by molar-refractivity contribution is 5.85. The fourth-order valence-corrected chi connectivity index (χ4v) is 1.68. The van der Waals surface area contributed by atoms with Crippen LogP contribution in [0, 0.1) is 11.3 Å². The number of carboxylic acid groups (broad SMARTS) is 1. The minimum absolute atomic E-state index is 0. The molecule has 0 amide bonds. The normalized spacial score (nSPS) is 33.2. The molecule has 3 heteroatoms. The lowest BCUT2D eigenvalue weighted by Gasteiger charge is -2.34. The van der Waals surface area contributed by atoms with E-state index in [1.54, 1.807) is 0 Å². The number of carboxylic acids is 1. The number of aliphatic carboxylic acids is 1. The molecule has 0 fully saturated rings. The first-order valence-corrected chi connectivity index (χ1v) is 4.36. The molecule has 0 aromatic rings. The van der Waals surface area contributed by atoms with Crippen LogP contribution in [-0.2, 0) is 4.79 Å². The Labute approximate surface area is 85.4 Å². The molecule has 0 bridgehead atoms. The number of halogens is 1. The summed E-state index contributed by atoms with van der Waals surface area (Å²) in [6.07, 6.45) is 3.65. The molecule has 0 heterocycles. The molecule has 1 N–H and O–H groups in total. The molecule has 1 aliphatic carbocycles. The first kappa shape index (κ1) is 12.5. The van der Waals surface area contributed by atoms with Gasteiger partial charge in [0.1, 0.15) is 0 Å². The molecule has 1 aliphatic rings. The molecule has 1 rings (SSSR count). The second kappa shape index (κ2) is 4.14. The highest BCUT2D eigenvalue weighted by Crippen LogP contribution is 2.39. The number of hydrogen-bond acceptors (Lipinski definition) is 1. The summed E-state index contributed by atoms with van der Waals surface area (Å²) in [5, 5.41) is 9.02. The van der Waals surface area contributed by atoms with E-state index in [2.05, 4.69) is 6.92 Å². The number of rotatable bonds is 1. The highest BCUT2D eigenvalue weighted by Gasteiger charge is 2.39. The first-order valence-electron chi connectivity index (χ1n) is 4.36. The summed E-state index contributed by atoms with van der Waals surface area (Å²) in [7, 11) is 0. The number of carbonyl (C=O) groups is 1. The van der Waals surface area contributed by atoms with Gasteiger partial charge in [0.15, 0.2) is 0 Å². The van der Waals surface area contributed by atoms with Crippen LogP contribution in [0.25, 0.3) is 0 Å². The maximum absolute atomic E-state index is 11.0. The van der Waals surface area contributed by atoms with Crippen molar-refractivity contribution in [2.75, 3.05) is 0 Å². The van der Waals surface area contributed by atoms with E-state index in [4.69, 9.17) is 5.11 Å².